The molecule has 1 aromatic rings. The zero-order valence-electron chi connectivity index (χ0n) is 10.3. The van der Waals surface area contributed by atoms with Gasteiger partial charge < -0.3 is 10.6 Å². The summed E-state index contributed by atoms with van der Waals surface area (Å²) in [7, 11) is 1.89. The van der Waals surface area contributed by atoms with Crippen LogP contribution < -0.4 is 10.6 Å². The molecule has 2 heterocycles. The molecule has 94 valence electrons. The van der Waals surface area contributed by atoms with E-state index in [1.165, 1.54) is 25.7 Å². The minimum atomic E-state index is 0.415. The van der Waals surface area contributed by atoms with Crippen LogP contribution in [0.25, 0.3) is 0 Å². The average molecular weight is 236 g/mol. The van der Waals surface area contributed by atoms with Gasteiger partial charge in [-0.15, -0.1) is 5.10 Å². The predicted molar refractivity (Wildman–Crippen MR) is 63.5 cm³/mol. The van der Waals surface area contributed by atoms with Crippen LogP contribution in [0.1, 0.15) is 31.5 Å². The Bertz CT molecular complexity index is 383. The first-order chi connectivity index (χ1) is 8.30. The van der Waals surface area contributed by atoms with Crippen LogP contribution in [0.2, 0.25) is 0 Å². The Morgan fingerprint density at radius 2 is 2.41 bits per heavy atom. The topological polar surface area (TPSA) is 67.7 Å². The maximum atomic E-state index is 4.00. The van der Waals surface area contributed by atoms with E-state index in [4.69, 9.17) is 0 Å². The maximum Gasteiger partial charge on any atom is 0.152 e. The number of hydrogen-bond acceptors (Lipinski definition) is 5. The highest BCUT2D eigenvalue weighted by Crippen LogP contribution is 2.38. The number of nitrogens with zero attached hydrogens (tertiary/aromatic N) is 4. The molecule has 1 aliphatic carbocycles. The molecule has 3 rings (SSSR count). The molecular weight excluding hydrogens is 216 g/mol. The molecule has 1 aromatic heterocycles. The van der Waals surface area contributed by atoms with E-state index in [9.17, 15) is 0 Å². The van der Waals surface area contributed by atoms with Gasteiger partial charge in [0.25, 0.3) is 0 Å². The molecule has 1 saturated heterocycles. The van der Waals surface area contributed by atoms with Crippen molar-refractivity contribution in [3.8, 4) is 0 Å². The van der Waals surface area contributed by atoms with Crippen molar-refractivity contribution in [1.29, 1.82) is 0 Å². The Labute approximate surface area is 101 Å². The second-order valence-corrected chi connectivity index (χ2v) is 5.20. The Hall–Kier alpha value is -1.01. The highest BCUT2D eigenvalue weighted by Gasteiger charge is 2.46. The van der Waals surface area contributed by atoms with Crippen LogP contribution in [0.3, 0.4) is 0 Å². The highest BCUT2D eigenvalue weighted by atomic mass is 15.5. The van der Waals surface area contributed by atoms with Gasteiger partial charge in [0, 0.05) is 31.6 Å². The number of tetrazole rings is 1. The number of aryl methyl sites for hydroxylation is 1. The van der Waals surface area contributed by atoms with E-state index >= 15 is 0 Å². The fourth-order valence-corrected chi connectivity index (χ4v) is 3.06. The first-order valence-electron chi connectivity index (χ1n) is 6.50. The number of rotatable bonds is 4. The quantitative estimate of drug-likeness (QED) is 0.746. The zero-order valence-corrected chi connectivity index (χ0v) is 10.3. The number of nitrogens with one attached hydrogen (secondary N) is 2. The molecule has 2 fully saturated rings. The van der Waals surface area contributed by atoms with Crippen molar-refractivity contribution in [1.82, 2.24) is 30.8 Å². The van der Waals surface area contributed by atoms with Crippen LogP contribution >= 0.6 is 0 Å². The molecule has 6 heteroatoms. The van der Waals surface area contributed by atoms with E-state index in [1.54, 1.807) is 4.68 Å². The molecule has 1 unspecified atom stereocenters. The van der Waals surface area contributed by atoms with E-state index in [0.29, 0.717) is 11.6 Å². The van der Waals surface area contributed by atoms with Gasteiger partial charge in [-0.3, -0.25) is 0 Å². The summed E-state index contributed by atoms with van der Waals surface area (Å²) in [5.74, 6) is 0.950. The third-order valence-electron chi connectivity index (χ3n) is 4.27. The minimum absolute atomic E-state index is 0.415. The molecule has 0 bridgehead atoms. The van der Waals surface area contributed by atoms with Crippen LogP contribution in [-0.4, -0.2) is 44.9 Å². The SMILES string of the molecule is Cn1nnnc1CCNC1CCNC12CCC2. The monoisotopic (exact) mass is 236 g/mol. The van der Waals surface area contributed by atoms with Crippen molar-refractivity contribution in [2.24, 2.45) is 7.05 Å². The van der Waals surface area contributed by atoms with Gasteiger partial charge >= 0.3 is 0 Å². The summed E-state index contributed by atoms with van der Waals surface area (Å²) in [6.45, 7) is 2.12. The molecule has 17 heavy (non-hydrogen) atoms. The molecule has 0 radical (unpaired) electrons. The lowest BCUT2D eigenvalue weighted by atomic mass is 9.73. The Morgan fingerprint density at radius 1 is 1.53 bits per heavy atom. The summed E-state index contributed by atoms with van der Waals surface area (Å²) < 4.78 is 1.74. The Balaban J connectivity index is 1.50. The van der Waals surface area contributed by atoms with Gasteiger partial charge in [0.1, 0.15) is 0 Å². The first-order valence-corrected chi connectivity index (χ1v) is 6.50. The van der Waals surface area contributed by atoms with Crippen molar-refractivity contribution in [2.75, 3.05) is 13.1 Å². The lowest BCUT2D eigenvalue weighted by Crippen LogP contribution is -2.58. The summed E-state index contributed by atoms with van der Waals surface area (Å²) in [6.07, 6.45) is 6.18. The summed E-state index contributed by atoms with van der Waals surface area (Å²) in [5, 5.41) is 18.8. The first kappa shape index (κ1) is 11.1. The predicted octanol–water partition coefficient (Wildman–Crippen LogP) is -0.373. The number of hydrogen-bond donors (Lipinski definition) is 2. The molecule has 6 nitrogen and oxygen atoms in total. The van der Waals surface area contributed by atoms with E-state index in [2.05, 4.69) is 26.2 Å². The molecular formula is C11H20N6. The van der Waals surface area contributed by atoms with Gasteiger partial charge in [0.05, 0.1) is 0 Å². The minimum Gasteiger partial charge on any atom is -0.312 e. The third-order valence-corrected chi connectivity index (χ3v) is 4.27. The normalized spacial score (nSPS) is 26.3. The molecule has 1 spiro atoms. The standard InChI is InChI=1S/C11H20N6/c1-17-10(14-15-16-17)4-7-12-9-3-8-13-11(9)5-2-6-11/h9,12-13H,2-8H2,1H3. The van der Waals surface area contributed by atoms with Gasteiger partial charge in [0.2, 0.25) is 0 Å². The summed E-state index contributed by atoms with van der Waals surface area (Å²) >= 11 is 0. The zero-order chi connectivity index (χ0) is 11.7. The van der Waals surface area contributed by atoms with Crippen LogP contribution in [0, 0.1) is 0 Å². The average Bonchev–Trinajstić information content (AvgIpc) is 2.85. The van der Waals surface area contributed by atoms with Crippen LogP contribution in [-0.2, 0) is 13.5 Å². The summed E-state index contributed by atoms with van der Waals surface area (Å²) in [5.41, 5.74) is 0.415. The van der Waals surface area contributed by atoms with Crippen molar-refractivity contribution >= 4 is 0 Å². The lowest BCUT2D eigenvalue weighted by Gasteiger charge is -2.44. The molecule has 1 saturated carbocycles. The van der Waals surface area contributed by atoms with Crippen molar-refractivity contribution in [3.63, 3.8) is 0 Å². The second kappa shape index (κ2) is 4.34. The van der Waals surface area contributed by atoms with Crippen molar-refractivity contribution in [2.45, 2.75) is 43.7 Å². The molecule has 1 aliphatic heterocycles. The Kier molecular flexibility index (Phi) is 2.84. The fourth-order valence-electron chi connectivity index (χ4n) is 3.06. The maximum absolute atomic E-state index is 4.00. The van der Waals surface area contributed by atoms with E-state index in [1.807, 2.05) is 7.05 Å². The van der Waals surface area contributed by atoms with E-state index < -0.39 is 0 Å². The van der Waals surface area contributed by atoms with Gasteiger partial charge in [-0.05, 0) is 42.7 Å². The molecule has 0 aromatic carbocycles. The van der Waals surface area contributed by atoms with E-state index in [0.717, 1.165) is 25.3 Å². The van der Waals surface area contributed by atoms with Gasteiger partial charge in [-0.25, -0.2) is 4.68 Å². The van der Waals surface area contributed by atoms with Crippen molar-refractivity contribution < 1.29 is 0 Å². The molecule has 1 atom stereocenters. The van der Waals surface area contributed by atoms with Gasteiger partial charge in [0.15, 0.2) is 5.82 Å². The summed E-state index contributed by atoms with van der Waals surface area (Å²) in [6, 6.07) is 0.637. The van der Waals surface area contributed by atoms with E-state index in [-0.39, 0.29) is 0 Å². The summed E-state index contributed by atoms with van der Waals surface area (Å²) in [4.78, 5) is 0. The Morgan fingerprint density at radius 3 is 3.06 bits per heavy atom. The smallest absolute Gasteiger partial charge is 0.152 e. The highest BCUT2D eigenvalue weighted by molar-refractivity contribution is 5.09. The second-order valence-electron chi connectivity index (χ2n) is 5.20. The van der Waals surface area contributed by atoms with Crippen LogP contribution in [0.15, 0.2) is 0 Å². The van der Waals surface area contributed by atoms with Gasteiger partial charge in [-0.2, -0.15) is 0 Å². The van der Waals surface area contributed by atoms with Crippen molar-refractivity contribution in [3.05, 3.63) is 5.82 Å². The molecule has 0 amide bonds. The molecule has 2 N–H and O–H groups in total. The van der Waals surface area contributed by atoms with Gasteiger partial charge in [-0.1, -0.05) is 0 Å². The third kappa shape index (κ3) is 1.95. The largest absolute Gasteiger partial charge is 0.312 e. The fraction of sp³-hybridized carbons (Fsp3) is 0.909. The molecule has 2 aliphatic rings. The van der Waals surface area contributed by atoms with Crippen LogP contribution in [0.4, 0.5) is 0 Å². The lowest BCUT2D eigenvalue weighted by molar-refractivity contribution is 0.171. The number of aromatic nitrogens is 4. The van der Waals surface area contributed by atoms with Crippen LogP contribution in [0.5, 0.6) is 0 Å².